The van der Waals surface area contributed by atoms with Crippen molar-refractivity contribution in [1.29, 1.82) is 0 Å². The second-order valence-electron chi connectivity index (χ2n) is 13.7. The van der Waals surface area contributed by atoms with Crippen molar-refractivity contribution in [3.05, 3.63) is 96.1 Å². The zero-order chi connectivity index (χ0) is 39.6. The van der Waals surface area contributed by atoms with Crippen LogP contribution in [0, 0.1) is 0 Å². The predicted octanol–water partition coefficient (Wildman–Crippen LogP) is 6.67. The average Bonchev–Trinajstić information content (AvgIpc) is 3.28. The lowest BCUT2D eigenvalue weighted by Crippen LogP contribution is -2.53. The van der Waals surface area contributed by atoms with Crippen LogP contribution in [0.1, 0.15) is 69.5 Å². The summed E-state index contributed by atoms with van der Waals surface area (Å²) in [5.74, 6) is -2.49. The molecule has 0 aliphatic carbocycles. The van der Waals surface area contributed by atoms with Gasteiger partial charge in [-0.15, -0.1) is 11.8 Å². The lowest BCUT2D eigenvalue weighted by molar-refractivity contribution is -0.130. The number of carbonyl (C=O) groups is 2. The molecule has 0 spiro atoms. The summed E-state index contributed by atoms with van der Waals surface area (Å²) in [4.78, 5) is 29.7. The van der Waals surface area contributed by atoms with Crippen molar-refractivity contribution in [3.63, 3.8) is 0 Å². The minimum Gasteiger partial charge on any atom is -0.504 e. The second-order valence-corrected chi connectivity index (χ2v) is 16.2. The predicted molar refractivity (Wildman–Crippen MR) is 215 cm³/mol. The zero-order valence-corrected chi connectivity index (χ0v) is 33.0. The minimum atomic E-state index is -4.05. The van der Waals surface area contributed by atoms with E-state index in [9.17, 15) is 33.3 Å². The molecule has 0 radical (unpaired) electrons. The summed E-state index contributed by atoms with van der Waals surface area (Å²) < 4.78 is 37.9. The molecule has 294 valence electrons. The molecule has 0 bridgehead atoms. The van der Waals surface area contributed by atoms with E-state index in [0.717, 1.165) is 31.4 Å². The number of anilines is 2. The van der Waals surface area contributed by atoms with Gasteiger partial charge >= 0.3 is 0 Å². The number of sulfonamides is 1. The number of thioether (sulfide) groups is 1. The van der Waals surface area contributed by atoms with Crippen LogP contribution in [0.3, 0.4) is 0 Å². The van der Waals surface area contributed by atoms with E-state index >= 15 is 0 Å². The number of para-hydroxylation sites is 1. The van der Waals surface area contributed by atoms with E-state index in [1.165, 1.54) is 30.0 Å². The van der Waals surface area contributed by atoms with E-state index in [2.05, 4.69) is 34.1 Å². The molecule has 2 amide bonds. The topological polar surface area (TPSA) is 178 Å². The first kappa shape index (κ1) is 41.2. The maximum atomic E-state index is 14.3. The van der Waals surface area contributed by atoms with Crippen LogP contribution >= 0.6 is 11.8 Å². The summed E-state index contributed by atoms with van der Waals surface area (Å²) in [6, 6.07) is 23.2. The van der Waals surface area contributed by atoms with Crippen LogP contribution in [0.4, 0.5) is 11.4 Å². The number of rotatable bonds is 17. The van der Waals surface area contributed by atoms with Gasteiger partial charge in [0.2, 0.25) is 15.9 Å². The Balaban J connectivity index is 1.39. The van der Waals surface area contributed by atoms with Crippen LogP contribution < -0.4 is 25.0 Å². The van der Waals surface area contributed by atoms with Gasteiger partial charge in [-0.1, -0.05) is 88.1 Å². The van der Waals surface area contributed by atoms with Crippen molar-refractivity contribution in [2.45, 2.75) is 80.2 Å². The normalized spacial score (nSPS) is 15.0. The Morgan fingerprint density at radius 1 is 0.927 bits per heavy atom. The number of amides is 2. The summed E-state index contributed by atoms with van der Waals surface area (Å²) >= 11 is 1.37. The second kappa shape index (κ2) is 18.6. The molecule has 1 unspecified atom stereocenters. The number of phenolic OH excluding ortho intramolecular Hbond substituents is 3. The van der Waals surface area contributed by atoms with Gasteiger partial charge in [0.05, 0.1) is 16.1 Å². The smallest absolute Gasteiger partial charge is 0.258 e. The van der Waals surface area contributed by atoms with Crippen molar-refractivity contribution in [2.24, 2.45) is 0 Å². The van der Waals surface area contributed by atoms with E-state index < -0.39 is 57.3 Å². The first-order valence-corrected chi connectivity index (χ1v) is 21.2. The lowest BCUT2D eigenvalue weighted by atomic mass is 9.87. The maximum Gasteiger partial charge on any atom is 0.258 e. The van der Waals surface area contributed by atoms with Gasteiger partial charge in [0.1, 0.15) is 16.7 Å². The third-order valence-corrected chi connectivity index (χ3v) is 12.0. The first-order chi connectivity index (χ1) is 26.4. The van der Waals surface area contributed by atoms with E-state index in [-0.39, 0.29) is 23.6 Å². The maximum absolute atomic E-state index is 14.3. The van der Waals surface area contributed by atoms with Gasteiger partial charge in [-0.05, 0) is 67.0 Å². The van der Waals surface area contributed by atoms with Crippen LogP contribution in [-0.4, -0.2) is 67.0 Å². The van der Waals surface area contributed by atoms with E-state index in [0.29, 0.717) is 41.1 Å². The molecular weight excluding hydrogens is 741 g/mol. The largest absolute Gasteiger partial charge is 0.504 e. The Labute approximate surface area is 327 Å². The van der Waals surface area contributed by atoms with Gasteiger partial charge in [0, 0.05) is 24.8 Å². The van der Waals surface area contributed by atoms with Crippen LogP contribution in [0.2, 0.25) is 0 Å². The molecule has 4 aromatic carbocycles. The summed E-state index contributed by atoms with van der Waals surface area (Å²) in [7, 11) is -4.05. The van der Waals surface area contributed by atoms with Crippen LogP contribution in [0.5, 0.6) is 23.0 Å². The number of benzene rings is 4. The molecule has 1 heterocycles. The van der Waals surface area contributed by atoms with E-state index in [1.54, 1.807) is 30.3 Å². The van der Waals surface area contributed by atoms with Gasteiger partial charge in [0.25, 0.3) is 5.91 Å². The van der Waals surface area contributed by atoms with Gasteiger partial charge in [-0.3, -0.25) is 9.59 Å². The molecule has 1 atom stereocenters. The SMILES string of the molecule is CCCCC1(CCCC)CN(c2ccccc2)c2cc(SC)c(OCC(=O)NC(C(=O)NCCc3cc(O)c(O)c(O)c3)c3ccccc3)cc2S(=O)(=O)N1. The fourth-order valence-electron chi connectivity index (χ4n) is 6.77. The summed E-state index contributed by atoms with van der Waals surface area (Å²) in [5, 5.41) is 34.8. The molecule has 1 aliphatic heterocycles. The number of fused-ring (bicyclic) bond motifs is 1. The fraction of sp³-hybridized carbons (Fsp3) is 0.366. The molecule has 6 N–H and O–H groups in total. The highest BCUT2D eigenvalue weighted by molar-refractivity contribution is 7.98. The molecule has 0 saturated heterocycles. The standard InChI is InChI=1S/C41H50N4O8S2/c1-4-6-19-41(20-7-5-2)27-45(30-16-12-9-13-17-30)31-24-35(54-3)34(25-36(31)55(51,52)44-41)53-26-37(48)43-38(29-14-10-8-11-15-29)40(50)42-21-18-28-22-32(46)39(49)33(47)23-28/h8-17,22-25,38,44,46-47,49H,4-7,18-21,26-27H2,1-3H3,(H,42,50)(H,43,48). The fourth-order valence-corrected chi connectivity index (χ4v) is 8.98. The Morgan fingerprint density at radius 2 is 1.55 bits per heavy atom. The molecule has 0 fully saturated rings. The average molecular weight is 791 g/mol. The third kappa shape index (κ3) is 10.2. The highest BCUT2D eigenvalue weighted by Crippen LogP contribution is 2.44. The molecule has 5 rings (SSSR count). The number of aromatic hydroxyl groups is 3. The molecule has 4 aromatic rings. The highest BCUT2D eigenvalue weighted by Gasteiger charge is 2.42. The highest BCUT2D eigenvalue weighted by atomic mass is 32.2. The monoisotopic (exact) mass is 790 g/mol. The Kier molecular flexibility index (Phi) is 14.0. The molecular formula is C41H50N4O8S2. The lowest BCUT2D eigenvalue weighted by Gasteiger charge is -2.37. The van der Waals surface area contributed by atoms with Crippen LogP contribution in [0.25, 0.3) is 0 Å². The van der Waals surface area contributed by atoms with Gasteiger partial charge in [-0.25, -0.2) is 13.1 Å². The zero-order valence-electron chi connectivity index (χ0n) is 31.4. The Hall–Kier alpha value is -4.92. The summed E-state index contributed by atoms with van der Waals surface area (Å²) in [6.45, 7) is 4.25. The molecule has 55 heavy (non-hydrogen) atoms. The Bertz CT molecular complexity index is 2020. The van der Waals surface area contributed by atoms with Crippen molar-refractivity contribution < 1.29 is 38.1 Å². The summed E-state index contributed by atoms with van der Waals surface area (Å²) in [5.41, 5.74) is 1.68. The van der Waals surface area contributed by atoms with Crippen molar-refractivity contribution in [3.8, 4) is 23.0 Å². The number of phenols is 3. The van der Waals surface area contributed by atoms with Gasteiger partial charge in [-0.2, -0.15) is 0 Å². The third-order valence-electron chi connectivity index (χ3n) is 9.62. The number of nitrogens with zero attached hydrogens (tertiary/aromatic N) is 1. The minimum absolute atomic E-state index is 0.0521. The van der Waals surface area contributed by atoms with E-state index in [4.69, 9.17) is 4.74 Å². The molecule has 0 aromatic heterocycles. The molecule has 1 aliphatic rings. The first-order valence-electron chi connectivity index (χ1n) is 18.5. The van der Waals surface area contributed by atoms with Gasteiger partial charge in [0.15, 0.2) is 23.9 Å². The van der Waals surface area contributed by atoms with E-state index in [1.807, 2.05) is 42.7 Å². The van der Waals surface area contributed by atoms with Crippen molar-refractivity contribution in [2.75, 3.05) is 30.9 Å². The number of unbranched alkanes of at least 4 members (excludes halogenated alkanes) is 2. The number of hydrogen-bond acceptors (Lipinski definition) is 10. The Morgan fingerprint density at radius 3 is 2.15 bits per heavy atom. The van der Waals surface area contributed by atoms with Crippen molar-refractivity contribution in [1.82, 2.24) is 15.4 Å². The van der Waals surface area contributed by atoms with Crippen molar-refractivity contribution >= 4 is 45.0 Å². The number of nitrogens with one attached hydrogen (secondary N) is 3. The van der Waals surface area contributed by atoms with Gasteiger partial charge < -0.3 is 35.6 Å². The molecule has 12 nitrogen and oxygen atoms in total. The van der Waals surface area contributed by atoms with Crippen LogP contribution in [0.15, 0.2) is 94.7 Å². The quantitative estimate of drug-likeness (QED) is 0.0500. The molecule has 14 heteroatoms. The number of carbonyl (C=O) groups excluding carboxylic acids is 2. The summed E-state index contributed by atoms with van der Waals surface area (Å²) in [6.07, 6.45) is 7.01. The number of hydrogen-bond donors (Lipinski definition) is 6. The number of ether oxygens (including phenoxy) is 1. The molecule has 0 saturated carbocycles. The van der Waals surface area contributed by atoms with Crippen LogP contribution in [-0.2, 0) is 26.0 Å².